The summed E-state index contributed by atoms with van der Waals surface area (Å²) in [5, 5.41) is 6.75. The van der Waals surface area contributed by atoms with E-state index in [0.29, 0.717) is 6.54 Å². The van der Waals surface area contributed by atoms with Crippen LogP contribution < -0.4 is 15.4 Å². The minimum Gasteiger partial charge on any atom is -0.496 e. The molecule has 0 aliphatic heterocycles. The van der Waals surface area contributed by atoms with E-state index >= 15 is 0 Å². The highest BCUT2D eigenvalue weighted by molar-refractivity contribution is 14.0. The van der Waals surface area contributed by atoms with E-state index in [-0.39, 0.29) is 24.0 Å². The van der Waals surface area contributed by atoms with Gasteiger partial charge in [0.1, 0.15) is 5.75 Å². The van der Waals surface area contributed by atoms with Crippen molar-refractivity contribution in [2.24, 2.45) is 4.99 Å². The summed E-state index contributed by atoms with van der Waals surface area (Å²) < 4.78 is 10.7. The van der Waals surface area contributed by atoms with Crippen LogP contribution in [0.25, 0.3) is 0 Å². The maximum atomic E-state index is 5.46. The van der Waals surface area contributed by atoms with Gasteiger partial charge in [-0.1, -0.05) is 12.1 Å². The van der Waals surface area contributed by atoms with Crippen molar-refractivity contribution in [3.05, 3.63) is 29.3 Å². The van der Waals surface area contributed by atoms with E-state index in [9.17, 15) is 0 Å². The summed E-state index contributed by atoms with van der Waals surface area (Å²) in [4.78, 5) is 6.80. The fourth-order valence-electron chi connectivity index (χ4n) is 2.84. The van der Waals surface area contributed by atoms with Crippen LogP contribution >= 0.6 is 24.0 Å². The van der Waals surface area contributed by atoms with E-state index in [1.165, 1.54) is 18.4 Å². The molecule has 0 heterocycles. The number of hydrogen-bond acceptors (Lipinski definition) is 4. The first-order valence-electron chi connectivity index (χ1n) is 8.99. The number of aliphatic imine (C=N–C) groups is 1. The van der Waals surface area contributed by atoms with Gasteiger partial charge in [0.15, 0.2) is 5.96 Å². The van der Waals surface area contributed by atoms with Gasteiger partial charge in [-0.15, -0.1) is 24.0 Å². The first-order valence-corrected chi connectivity index (χ1v) is 8.99. The lowest BCUT2D eigenvalue weighted by Gasteiger charge is -2.22. The highest BCUT2D eigenvalue weighted by Crippen LogP contribution is 2.26. The summed E-state index contributed by atoms with van der Waals surface area (Å²) in [5.74, 6) is 1.72. The number of ether oxygens (including phenoxy) is 2. The second kappa shape index (κ2) is 12.3. The van der Waals surface area contributed by atoms with Gasteiger partial charge < -0.3 is 20.1 Å². The zero-order valence-corrected chi connectivity index (χ0v) is 18.7. The molecule has 1 fully saturated rings. The van der Waals surface area contributed by atoms with Crippen molar-refractivity contribution in [1.29, 1.82) is 0 Å². The van der Waals surface area contributed by atoms with Crippen LogP contribution in [0.4, 0.5) is 0 Å². The molecule has 6 nitrogen and oxygen atoms in total. The third kappa shape index (κ3) is 7.67. The van der Waals surface area contributed by atoms with Crippen molar-refractivity contribution in [3.8, 4) is 5.75 Å². The van der Waals surface area contributed by atoms with Gasteiger partial charge in [-0.2, -0.15) is 0 Å². The summed E-state index contributed by atoms with van der Waals surface area (Å²) in [7, 11) is 5.26. The molecule has 0 spiro atoms. The number of rotatable bonds is 10. The molecule has 1 aliphatic carbocycles. The number of aryl methyl sites for hydroxylation is 1. The van der Waals surface area contributed by atoms with Crippen molar-refractivity contribution in [2.75, 3.05) is 47.5 Å². The molecule has 0 atom stereocenters. The van der Waals surface area contributed by atoms with Gasteiger partial charge in [0, 0.05) is 51.9 Å². The Morgan fingerprint density at radius 1 is 1.23 bits per heavy atom. The molecule has 2 N–H and O–H groups in total. The lowest BCUT2D eigenvalue weighted by atomic mass is 10.1. The van der Waals surface area contributed by atoms with E-state index in [0.717, 1.165) is 49.6 Å². The first kappa shape index (κ1) is 23.0. The van der Waals surface area contributed by atoms with Crippen LogP contribution in [0, 0.1) is 6.92 Å². The SMILES string of the molecule is CN=C(NCCN(CCOC)C1CC1)NCc1ccc(C)cc1OC.I. The van der Waals surface area contributed by atoms with Gasteiger partial charge in [-0.05, 0) is 31.4 Å². The smallest absolute Gasteiger partial charge is 0.191 e. The Balaban J connectivity index is 0.00000338. The van der Waals surface area contributed by atoms with Gasteiger partial charge >= 0.3 is 0 Å². The lowest BCUT2D eigenvalue weighted by molar-refractivity contribution is 0.144. The maximum Gasteiger partial charge on any atom is 0.191 e. The normalized spacial score (nSPS) is 14.1. The molecule has 1 saturated carbocycles. The largest absolute Gasteiger partial charge is 0.496 e. The summed E-state index contributed by atoms with van der Waals surface area (Å²) >= 11 is 0. The van der Waals surface area contributed by atoms with Crippen LogP contribution in [0.2, 0.25) is 0 Å². The van der Waals surface area contributed by atoms with Crippen molar-refractivity contribution < 1.29 is 9.47 Å². The van der Waals surface area contributed by atoms with Crippen LogP contribution in [0.3, 0.4) is 0 Å². The molecule has 0 amide bonds. The van der Waals surface area contributed by atoms with E-state index in [2.05, 4.69) is 45.6 Å². The Bertz CT molecular complexity index is 564. The van der Waals surface area contributed by atoms with E-state index in [4.69, 9.17) is 9.47 Å². The van der Waals surface area contributed by atoms with Gasteiger partial charge in [-0.3, -0.25) is 9.89 Å². The molecule has 148 valence electrons. The fraction of sp³-hybridized carbons (Fsp3) is 0.632. The number of guanidine groups is 1. The monoisotopic (exact) mass is 476 g/mol. The summed E-state index contributed by atoms with van der Waals surface area (Å²) in [6.45, 7) is 6.40. The number of benzene rings is 1. The second-order valence-corrected chi connectivity index (χ2v) is 6.43. The fourth-order valence-corrected chi connectivity index (χ4v) is 2.84. The molecule has 0 saturated heterocycles. The molecule has 1 aromatic carbocycles. The molecular weight excluding hydrogens is 443 g/mol. The molecule has 26 heavy (non-hydrogen) atoms. The molecule has 0 bridgehead atoms. The summed E-state index contributed by atoms with van der Waals surface area (Å²) in [6.07, 6.45) is 2.62. The molecule has 2 rings (SSSR count). The van der Waals surface area contributed by atoms with E-state index in [1.54, 1.807) is 21.3 Å². The van der Waals surface area contributed by atoms with Crippen LogP contribution in [-0.2, 0) is 11.3 Å². The average Bonchev–Trinajstić information content (AvgIpc) is 3.46. The highest BCUT2D eigenvalue weighted by Gasteiger charge is 2.28. The average molecular weight is 476 g/mol. The van der Waals surface area contributed by atoms with Crippen molar-refractivity contribution in [1.82, 2.24) is 15.5 Å². The predicted octanol–water partition coefficient (Wildman–Crippen LogP) is 2.40. The quantitative estimate of drug-likeness (QED) is 0.309. The Morgan fingerprint density at radius 3 is 2.62 bits per heavy atom. The second-order valence-electron chi connectivity index (χ2n) is 6.43. The molecule has 0 radical (unpaired) electrons. The standard InChI is InChI=1S/C19H32N4O2.HI/c1-15-5-6-16(18(13-15)25-4)14-22-19(20-2)21-9-10-23(11-12-24-3)17-7-8-17;/h5-6,13,17H,7-12,14H2,1-4H3,(H2,20,21,22);1H. The summed E-state index contributed by atoms with van der Waals surface area (Å²) in [6, 6.07) is 6.98. The molecular formula is C19H33IN4O2. The Labute approximate surface area is 174 Å². The summed E-state index contributed by atoms with van der Waals surface area (Å²) in [5.41, 5.74) is 2.31. The molecule has 0 unspecified atom stereocenters. The molecule has 7 heteroatoms. The van der Waals surface area contributed by atoms with Crippen LogP contribution in [0.15, 0.2) is 23.2 Å². The first-order chi connectivity index (χ1) is 12.2. The zero-order chi connectivity index (χ0) is 18.1. The lowest BCUT2D eigenvalue weighted by Crippen LogP contribution is -2.42. The van der Waals surface area contributed by atoms with Crippen molar-refractivity contribution in [2.45, 2.75) is 32.4 Å². The minimum absolute atomic E-state index is 0. The van der Waals surface area contributed by atoms with Crippen molar-refractivity contribution >= 4 is 29.9 Å². The van der Waals surface area contributed by atoms with Gasteiger partial charge in [0.05, 0.1) is 13.7 Å². The molecule has 1 aliphatic rings. The number of halogens is 1. The van der Waals surface area contributed by atoms with Crippen molar-refractivity contribution in [3.63, 3.8) is 0 Å². The van der Waals surface area contributed by atoms with Crippen LogP contribution in [0.5, 0.6) is 5.75 Å². The topological polar surface area (TPSA) is 58.1 Å². The number of nitrogens with zero attached hydrogens (tertiary/aromatic N) is 2. The highest BCUT2D eigenvalue weighted by atomic mass is 127. The number of nitrogens with one attached hydrogen (secondary N) is 2. The maximum absolute atomic E-state index is 5.46. The Hall–Kier alpha value is -1.06. The van der Waals surface area contributed by atoms with Gasteiger partial charge in [0.25, 0.3) is 0 Å². The molecule has 1 aromatic rings. The Morgan fingerprint density at radius 2 is 2.00 bits per heavy atom. The van der Waals surface area contributed by atoms with E-state index < -0.39 is 0 Å². The Kier molecular flexibility index (Phi) is 10.9. The number of methoxy groups -OCH3 is 2. The van der Waals surface area contributed by atoms with E-state index in [1.807, 2.05) is 0 Å². The third-order valence-corrected chi connectivity index (χ3v) is 4.45. The van der Waals surface area contributed by atoms with Crippen LogP contribution in [-0.4, -0.2) is 64.4 Å². The minimum atomic E-state index is 0. The third-order valence-electron chi connectivity index (χ3n) is 4.45. The van der Waals surface area contributed by atoms with Gasteiger partial charge in [-0.25, -0.2) is 0 Å². The van der Waals surface area contributed by atoms with Gasteiger partial charge in [0.2, 0.25) is 0 Å². The zero-order valence-electron chi connectivity index (χ0n) is 16.4. The molecule has 0 aromatic heterocycles. The predicted molar refractivity (Wildman–Crippen MR) is 118 cm³/mol. The van der Waals surface area contributed by atoms with Crippen LogP contribution in [0.1, 0.15) is 24.0 Å². The number of hydrogen-bond donors (Lipinski definition) is 2.